The van der Waals surface area contributed by atoms with Crippen molar-refractivity contribution in [2.24, 2.45) is 11.1 Å². The number of nitrogens with two attached hydrogens (primary N) is 1. The Morgan fingerprint density at radius 1 is 1.53 bits per heavy atom. The zero-order valence-electron chi connectivity index (χ0n) is 10.0. The lowest BCUT2D eigenvalue weighted by Crippen LogP contribution is -2.24. The molecule has 0 bridgehead atoms. The molecule has 15 heavy (non-hydrogen) atoms. The molecule has 2 N–H and O–H groups in total. The summed E-state index contributed by atoms with van der Waals surface area (Å²) in [6.45, 7) is 9.73. The fourth-order valence-electron chi connectivity index (χ4n) is 2.36. The number of hydrogen-bond donors (Lipinski definition) is 1. The molecular weight excluding hydrogens is 204 g/mol. The maximum absolute atomic E-state index is 5.94. The Kier molecular flexibility index (Phi) is 2.43. The van der Waals surface area contributed by atoms with Gasteiger partial charge in [-0.05, 0) is 11.8 Å². The first kappa shape index (κ1) is 11.1. The summed E-state index contributed by atoms with van der Waals surface area (Å²) in [6.07, 6.45) is 3.25. The summed E-state index contributed by atoms with van der Waals surface area (Å²) in [5.41, 5.74) is 6.52. The Balaban J connectivity index is 2.30. The molecule has 84 valence electrons. The molecule has 1 aromatic heterocycles. The van der Waals surface area contributed by atoms with E-state index >= 15 is 0 Å². The molecule has 1 aliphatic carbocycles. The molecule has 0 saturated heterocycles. The average molecular weight is 224 g/mol. The summed E-state index contributed by atoms with van der Waals surface area (Å²) in [5.74, 6) is 0.528. The monoisotopic (exact) mass is 224 g/mol. The Morgan fingerprint density at radius 2 is 2.13 bits per heavy atom. The Labute approximate surface area is 95.9 Å². The second-order valence-corrected chi connectivity index (χ2v) is 6.63. The minimum atomic E-state index is 0.220. The van der Waals surface area contributed by atoms with E-state index in [-0.39, 0.29) is 5.41 Å². The summed E-state index contributed by atoms with van der Waals surface area (Å²) in [7, 11) is 0. The highest BCUT2D eigenvalue weighted by Gasteiger charge is 2.62. The van der Waals surface area contributed by atoms with E-state index < -0.39 is 0 Å². The van der Waals surface area contributed by atoms with Crippen LogP contribution in [-0.4, -0.2) is 11.5 Å². The van der Waals surface area contributed by atoms with Gasteiger partial charge in [-0.3, -0.25) is 0 Å². The van der Waals surface area contributed by atoms with Crippen molar-refractivity contribution < 1.29 is 0 Å². The molecule has 2 nitrogen and oxygen atoms in total. The van der Waals surface area contributed by atoms with Gasteiger partial charge in [0.05, 0.1) is 5.01 Å². The highest BCUT2D eigenvalue weighted by atomic mass is 32.1. The van der Waals surface area contributed by atoms with Crippen molar-refractivity contribution in [1.82, 2.24) is 4.98 Å². The van der Waals surface area contributed by atoms with Crippen molar-refractivity contribution in [3.05, 3.63) is 16.1 Å². The lowest BCUT2D eigenvalue weighted by atomic mass is 9.95. The van der Waals surface area contributed by atoms with Crippen molar-refractivity contribution in [2.75, 3.05) is 6.54 Å². The van der Waals surface area contributed by atoms with Crippen LogP contribution >= 0.6 is 11.3 Å². The lowest BCUT2D eigenvalue weighted by Gasteiger charge is -2.15. The van der Waals surface area contributed by atoms with E-state index in [0.717, 1.165) is 6.54 Å². The molecule has 1 atom stereocenters. The van der Waals surface area contributed by atoms with E-state index in [1.807, 2.05) is 17.5 Å². The van der Waals surface area contributed by atoms with Gasteiger partial charge in [0.1, 0.15) is 0 Å². The topological polar surface area (TPSA) is 38.9 Å². The van der Waals surface area contributed by atoms with E-state index in [9.17, 15) is 0 Å². The molecule has 0 aliphatic heterocycles. The molecule has 1 aliphatic rings. The summed E-state index contributed by atoms with van der Waals surface area (Å²) < 4.78 is 0. The maximum atomic E-state index is 5.94. The van der Waals surface area contributed by atoms with Gasteiger partial charge in [-0.2, -0.15) is 0 Å². The maximum Gasteiger partial charge on any atom is 0.0953 e. The fourth-order valence-corrected chi connectivity index (χ4v) is 3.65. The van der Waals surface area contributed by atoms with Gasteiger partial charge in [0.15, 0.2) is 0 Å². The van der Waals surface area contributed by atoms with Crippen LogP contribution in [0.15, 0.2) is 6.20 Å². The number of aromatic nitrogens is 1. The predicted octanol–water partition coefficient (Wildman–Crippen LogP) is 2.89. The van der Waals surface area contributed by atoms with Crippen molar-refractivity contribution in [3.63, 3.8) is 0 Å². The van der Waals surface area contributed by atoms with Gasteiger partial charge in [-0.15, -0.1) is 11.3 Å². The van der Waals surface area contributed by atoms with Crippen molar-refractivity contribution in [1.29, 1.82) is 0 Å². The standard InChI is InChI=1S/C12H20N2S/c1-8(2)10-14-5-9(15-10)12(7-13)6-11(12,3)4/h5,8H,6-7,13H2,1-4H3. The molecule has 1 fully saturated rings. The molecule has 1 heterocycles. The van der Waals surface area contributed by atoms with Crippen LogP contribution in [0.25, 0.3) is 0 Å². The Bertz CT molecular complexity index is 367. The second-order valence-electron chi connectivity index (χ2n) is 5.56. The van der Waals surface area contributed by atoms with Gasteiger partial charge >= 0.3 is 0 Å². The quantitative estimate of drug-likeness (QED) is 0.857. The molecule has 1 aromatic rings. The molecule has 1 saturated carbocycles. The smallest absolute Gasteiger partial charge is 0.0953 e. The van der Waals surface area contributed by atoms with Gasteiger partial charge in [-0.25, -0.2) is 4.98 Å². The van der Waals surface area contributed by atoms with E-state index in [1.54, 1.807) is 0 Å². The SMILES string of the molecule is CC(C)c1ncc(C2(CN)CC2(C)C)s1. The molecule has 0 aromatic carbocycles. The zero-order chi connectivity index (χ0) is 11.3. The fraction of sp³-hybridized carbons (Fsp3) is 0.750. The molecular formula is C12H20N2S. The highest BCUT2D eigenvalue weighted by Crippen LogP contribution is 2.64. The molecule has 2 rings (SSSR count). The first-order valence-electron chi connectivity index (χ1n) is 5.59. The van der Waals surface area contributed by atoms with Gasteiger partial charge in [0.25, 0.3) is 0 Å². The molecule has 0 radical (unpaired) electrons. The van der Waals surface area contributed by atoms with E-state index in [0.29, 0.717) is 11.3 Å². The van der Waals surface area contributed by atoms with Crippen molar-refractivity contribution >= 4 is 11.3 Å². The van der Waals surface area contributed by atoms with Crippen molar-refractivity contribution in [2.45, 2.75) is 45.4 Å². The van der Waals surface area contributed by atoms with Crippen LogP contribution in [0.2, 0.25) is 0 Å². The predicted molar refractivity (Wildman–Crippen MR) is 65.3 cm³/mol. The Hall–Kier alpha value is -0.410. The first-order valence-corrected chi connectivity index (χ1v) is 6.41. The van der Waals surface area contributed by atoms with Gasteiger partial charge in [0, 0.05) is 29.0 Å². The van der Waals surface area contributed by atoms with E-state index in [2.05, 4.69) is 32.7 Å². The summed E-state index contributed by atoms with van der Waals surface area (Å²) in [4.78, 5) is 5.89. The number of hydrogen-bond acceptors (Lipinski definition) is 3. The summed E-state index contributed by atoms with van der Waals surface area (Å²) in [5, 5.41) is 1.24. The lowest BCUT2D eigenvalue weighted by molar-refractivity contribution is 0.508. The first-order chi connectivity index (χ1) is 6.93. The highest BCUT2D eigenvalue weighted by molar-refractivity contribution is 7.11. The summed E-state index contributed by atoms with van der Waals surface area (Å²) in [6, 6.07) is 0. The van der Waals surface area contributed by atoms with Gasteiger partial charge in [-0.1, -0.05) is 27.7 Å². The largest absolute Gasteiger partial charge is 0.330 e. The number of rotatable bonds is 3. The average Bonchev–Trinajstić information content (AvgIpc) is 2.59. The van der Waals surface area contributed by atoms with Crippen LogP contribution in [0.4, 0.5) is 0 Å². The van der Waals surface area contributed by atoms with Crippen LogP contribution in [0.5, 0.6) is 0 Å². The molecule has 1 unspecified atom stereocenters. The van der Waals surface area contributed by atoms with Crippen LogP contribution < -0.4 is 5.73 Å². The molecule has 3 heteroatoms. The van der Waals surface area contributed by atoms with E-state index in [1.165, 1.54) is 16.3 Å². The van der Waals surface area contributed by atoms with Gasteiger partial charge in [0.2, 0.25) is 0 Å². The van der Waals surface area contributed by atoms with Gasteiger partial charge < -0.3 is 5.73 Å². The molecule has 0 amide bonds. The third-order valence-electron chi connectivity index (χ3n) is 3.75. The third kappa shape index (κ3) is 1.53. The number of nitrogens with zero attached hydrogens (tertiary/aromatic N) is 1. The van der Waals surface area contributed by atoms with Crippen molar-refractivity contribution in [3.8, 4) is 0 Å². The van der Waals surface area contributed by atoms with E-state index in [4.69, 9.17) is 5.73 Å². The summed E-state index contributed by atoms with van der Waals surface area (Å²) >= 11 is 1.85. The third-order valence-corrected chi connectivity index (χ3v) is 5.25. The number of thiazole rings is 1. The zero-order valence-corrected chi connectivity index (χ0v) is 10.8. The molecule has 0 spiro atoms. The second kappa shape index (κ2) is 3.29. The minimum Gasteiger partial charge on any atom is -0.330 e. The minimum absolute atomic E-state index is 0.220. The van der Waals surface area contributed by atoms with Crippen LogP contribution in [0.3, 0.4) is 0 Å². The van der Waals surface area contributed by atoms with Crippen LogP contribution in [-0.2, 0) is 5.41 Å². The van der Waals surface area contributed by atoms with Crippen LogP contribution in [0.1, 0.15) is 49.9 Å². The Morgan fingerprint density at radius 3 is 2.47 bits per heavy atom. The normalized spacial score (nSPS) is 28.4. The van der Waals surface area contributed by atoms with Crippen LogP contribution in [0, 0.1) is 5.41 Å².